The second kappa shape index (κ2) is 9.40. The van der Waals surface area contributed by atoms with Gasteiger partial charge < -0.3 is 15.8 Å². The lowest BCUT2D eigenvalue weighted by Crippen LogP contribution is -2.33. The highest BCUT2D eigenvalue weighted by molar-refractivity contribution is 5.76. The van der Waals surface area contributed by atoms with Crippen molar-refractivity contribution in [1.29, 1.82) is 0 Å². The molecule has 0 aliphatic carbocycles. The molecule has 0 saturated carbocycles. The second-order valence-corrected chi connectivity index (χ2v) is 5.62. The topological polar surface area (TPSA) is 64.3 Å². The molecule has 0 radical (unpaired) electrons. The fraction of sp³-hybridized carbons (Fsp3) is 0.588. The molecule has 1 unspecified atom stereocenters. The minimum atomic E-state index is -0.315. The van der Waals surface area contributed by atoms with Crippen molar-refractivity contribution in [2.75, 3.05) is 13.2 Å². The maximum Gasteiger partial charge on any atom is 0.221 e. The monoisotopic (exact) mass is 292 g/mol. The molecule has 118 valence electrons. The van der Waals surface area contributed by atoms with Crippen molar-refractivity contribution in [2.24, 2.45) is 11.7 Å². The molecule has 0 bridgehead atoms. The van der Waals surface area contributed by atoms with E-state index >= 15 is 0 Å². The van der Waals surface area contributed by atoms with Gasteiger partial charge in [0.05, 0.1) is 13.0 Å². The minimum absolute atomic E-state index is 0.275. The van der Waals surface area contributed by atoms with E-state index in [9.17, 15) is 4.79 Å². The first kappa shape index (κ1) is 17.5. The molecule has 4 nitrogen and oxygen atoms in total. The third-order valence-electron chi connectivity index (χ3n) is 3.86. The Morgan fingerprint density at radius 3 is 2.52 bits per heavy atom. The molecule has 1 amide bonds. The number of ether oxygens (including phenoxy) is 1. The summed E-state index contributed by atoms with van der Waals surface area (Å²) in [7, 11) is 0. The zero-order valence-electron chi connectivity index (χ0n) is 13.4. The molecule has 0 aliphatic heterocycles. The fourth-order valence-corrected chi connectivity index (χ4v) is 2.05. The van der Waals surface area contributed by atoms with Gasteiger partial charge in [-0.3, -0.25) is 4.79 Å². The average Bonchev–Trinajstić information content (AvgIpc) is 2.47. The Hall–Kier alpha value is -1.55. The quantitative estimate of drug-likeness (QED) is 0.651. The van der Waals surface area contributed by atoms with Crippen molar-refractivity contribution in [3.8, 4) is 5.75 Å². The summed E-state index contributed by atoms with van der Waals surface area (Å²) >= 11 is 0. The molecule has 0 spiro atoms. The van der Waals surface area contributed by atoms with Gasteiger partial charge in [0.2, 0.25) is 5.91 Å². The van der Waals surface area contributed by atoms with Crippen LogP contribution in [0.1, 0.15) is 39.2 Å². The first-order valence-corrected chi connectivity index (χ1v) is 7.76. The van der Waals surface area contributed by atoms with Gasteiger partial charge in [-0.25, -0.2) is 0 Å². The van der Waals surface area contributed by atoms with Gasteiger partial charge in [0.15, 0.2) is 0 Å². The maximum atomic E-state index is 10.8. The van der Waals surface area contributed by atoms with Crippen LogP contribution in [0.15, 0.2) is 24.3 Å². The Bertz CT molecular complexity index is 417. The van der Waals surface area contributed by atoms with Crippen LogP contribution in [-0.4, -0.2) is 25.1 Å². The highest BCUT2D eigenvalue weighted by atomic mass is 16.5. The molecule has 0 fully saturated rings. The predicted molar refractivity (Wildman–Crippen MR) is 86.4 cm³/mol. The van der Waals surface area contributed by atoms with E-state index in [2.05, 4.69) is 26.1 Å². The summed E-state index contributed by atoms with van der Waals surface area (Å²) < 4.78 is 5.68. The summed E-state index contributed by atoms with van der Waals surface area (Å²) in [5, 5.41) is 3.52. The summed E-state index contributed by atoms with van der Waals surface area (Å²) in [5.74, 6) is 1.21. The SMILES string of the molecule is CC[C@@H](C)C(C)NCCCOc1ccc(CC(N)=O)cc1. The van der Waals surface area contributed by atoms with Crippen LogP contribution in [0.5, 0.6) is 5.75 Å². The molecule has 2 atom stereocenters. The van der Waals surface area contributed by atoms with Crippen molar-refractivity contribution in [2.45, 2.75) is 46.1 Å². The average molecular weight is 292 g/mol. The Labute approximate surface area is 128 Å². The van der Waals surface area contributed by atoms with Crippen LogP contribution >= 0.6 is 0 Å². The Morgan fingerprint density at radius 2 is 1.95 bits per heavy atom. The van der Waals surface area contributed by atoms with Crippen LogP contribution in [0, 0.1) is 5.92 Å². The summed E-state index contributed by atoms with van der Waals surface area (Å²) in [5.41, 5.74) is 6.07. The number of nitrogens with two attached hydrogens (primary N) is 1. The smallest absolute Gasteiger partial charge is 0.221 e. The van der Waals surface area contributed by atoms with E-state index in [-0.39, 0.29) is 12.3 Å². The number of carbonyl (C=O) groups is 1. The highest BCUT2D eigenvalue weighted by Crippen LogP contribution is 2.12. The van der Waals surface area contributed by atoms with Gasteiger partial charge in [-0.15, -0.1) is 0 Å². The van der Waals surface area contributed by atoms with Crippen LogP contribution in [0.2, 0.25) is 0 Å². The van der Waals surface area contributed by atoms with Gasteiger partial charge in [0, 0.05) is 6.04 Å². The van der Waals surface area contributed by atoms with Crippen molar-refractivity contribution in [3.63, 3.8) is 0 Å². The number of hydrogen-bond donors (Lipinski definition) is 2. The van der Waals surface area contributed by atoms with E-state index in [1.807, 2.05) is 24.3 Å². The largest absolute Gasteiger partial charge is 0.494 e. The molecule has 21 heavy (non-hydrogen) atoms. The first-order chi connectivity index (χ1) is 10.0. The van der Waals surface area contributed by atoms with E-state index in [4.69, 9.17) is 10.5 Å². The van der Waals surface area contributed by atoms with E-state index in [1.54, 1.807) is 0 Å². The van der Waals surface area contributed by atoms with Gasteiger partial charge in [-0.2, -0.15) is 0 Å². The predicted octanol–water partition coefficient (Wildman–Crippen LogP) is 2.51. The molecule has 0 heterocycles. The zero-order valence-corrected chi connectivity index (χ0v) is 13.4. The number of hydrogen-bond acceptors (Lipinski definition) is 3. The van der Waals surface area contributed by atoms with Gasteiger partial charge in [0.1, 0.15) is 5.75 Å². The zero-order chi connectivity index (χ0) is 15.7. The van der Waals surface area contributed by atoms with Crippen LogP contribution in [-0.2, 0) is 11.2 Å². The highest BCUT2D eigenvalue weighted by Gasteiger charge is 2.08. The summed E-state index contributed by atoms with van der Waals surface area (Å²) in [6.45, 7) is 8.36. The van der Waals surface area contributed by atoms with Crippen molar-refractivity contribution >= 4 is 5.91 Å². The van der Waals surface area contributed by atoms with Crippen LogP contribution in [0.25, 0.3) is 0 Å². The summed E-state index contributed by atoms with van der Waals surface area (Å²) in [6, 6.07) is 8.07. The molecular formula is C17H28N2O2. The standard InChI is InChI=1S/C17H28N2O2/c1-4-13(2)14(3)19-10-5-11-21-16-8-6-15(7-9-16)12-17(18)20/h6-9,13-14,19H,4-5,10-12H2,1-3H3,(H2,18,20)/t13-,14?/m1/s1. The van der Waals surface area contributed by atoms with Crippen LogP contribution < -0.4 is 15.8 Å². The lowest BCUT2D eigenvalue weighted by atomic mass is 10.0. The lowest BCUT2D eigenvalue weighted by molar-refractivity contribution is -0.117. The summed E-state index contributed by atoms with van der Waals surface area (Å²) in [6.07, 6.45) is 2.45. The third-order valence-corrected chi connectivity index (χ3v) is 3.86. The second-order valence-electron chi connectivity index (χ2n) is 5.62. The Morgan fingerprint density at radius 1 is 1.29 bits per heavy atom. The number of nitrogens with one attached hydrogen (secondary N) is 1. The Kier molecular flexibility index (Phi) is 7.83. The molecule has 1 aromatic rings. The lowest BCUT2D eigenvalue weighted by Gasteiger charge is -2.19. The number of amides is 1. The Balaban J connectivity index is 2.19. The third kappa shape index (κ3) is 7.14. The number of benzene rings is 1. The van der Waals surface area contributed by atoms with E-state index in [0.717, 1.165) is 24.3 Å². The van der Waals surface area contributed by atoms with E-state index in [0.29, 0.717) is 18.6 Å². The number of carbonyl (C=O) groups excluding carboxylic acids is 1. The molecule has 1 rings (SSSR count). The number of primary amides is 1. The molecule has 4 heteroatoms. The van der Waals surface area contributed by atoms with Crippen molar-refractivity contribution < 1.29 is 9.53 Å². The number of rotatable bonds is 10. The molecular weight excluding hydrogens is 264 g/mol. The maximum absolute atomic E-state index is 10.8. The van der Waals surface area contributed by atoms with E-state index in [1.165, 1.54) is 6.42 Å². The van der Waals surface area contributed by atoms with Crippen LogP contribution in [0.3, 0.4) is 0 Å². The van der Waals surface area contributed by atoms with Gasteiger partial charge in [-0.1, -0.05) is 32.4 Å². The normalized spacial score (nSPS) is 13.7. The first-order valence-electron chi connectivity index (χ1n) is 7.76. The van der Waals surface area contributed by atoms with Gasteiger partial charge in [0.25, 0.3) is 0 Å². The van der Waals surface area contributed by atoms with Gasteiger partial charge >= 0.3 is 0 Å². The molecule has 0 saturated heterocycles. The van der Waals surface area contributed by atoms with Crippen LogP contribution in [0.4, 0.5) is 0 Å². The minimum Gasteiger partial charge on any atom is -0.494 e. The molecule has 1 aromatic carbocycles. The van der Waals surface area contributed by atoms with E-state index < -0.39 is 0 Å². The van der Waals surface area contributed by atoms with Crippen molar-refractivity contribution in [1.82, 2.24) is 5.32 Å². The van der Waals surface area contributed by atoms with Crippen molar-refractivity contribution in [3.05, 3.63) is 29.8 Å². The fourth-order valence-electron chi connectivity index (χ4n) is 2.05. The molecule has 0 aromatic heterocycles. The summed E-state index contributed by atoms with van der Waals surface area (Å²) in [4.78, 5) is 10.8. The molecule has 3 N–H and O–H groups in total. The molecule has 0 aliphatic rings. The van der Waals surface area contributed by atoms with Gasteiger partial charge in [-0.05, 0) is 43.5 Å².